The number of nitro benzene ring substituents is 1. The molecule has 2 rings (SSSR count). The Hall–Kier alpha value is -2.07. The molecule has 1 unspecified atom stereocenters. The third-order valence-electron chi connectivity index (χ3n) is 3.49. The van der Waals surface area contributed by atoms with Crippen LogP contribution in [-0.4, -0.2) is 31.2 Å². The zero-order chi connectivity index (χ0) is 17.9. The van der Waals surface area contributed by atoms with Crippen molar-refractivity contribution in [2.45, 2.75) is 10.9 Å². The number of hydrogen-bond donors (Lipinski definition) is 1. The Bertz CT molecular complexity index is 846. The van der Waals surface area contributed by atoms with Crippen LogP contribution >= 0.6 is 12.4 Å². The first-order valence-corrected chi connectivity index (χ1v) is 8.37. The average molecular weight is 390 g/mol. The summed E-state index contributed by atoms with van der Waals surface area (Å²) in [4.78, 5) is 9.93. The molecule has 10 heteroatoms. The van der Waals surface area contributed by atoms with Crippen LogP contribution in [-0.2, 0) is 10.0 Å². The highest BCUT2D eigenvalue weighted by molar-refractivity contribution is 7.89. The molecule has 0 bridgehead atoms. The Kier molecular flexibility index (Phi) is 7.00. The summed E-state index contributed by atoms with van der Waals surface area (Å²) in [7, 11) is -2.51. The van der Waals surface area contributed by atoms with Gasteiger partial charge >= 0.3 is 0 Å². The van der Waals surface area contributed by atoms with Crippen LogP contribution in [0.25, 0.3) is 0 Å². The standard InChI is InChI=1S/C15H16FN3O4S.ClH/c1-18(10-15(17)11-3-2-4-12(16)9-11)24(22,23)14-7-5-13(6-8-14)19(20)21;/h2-9,15H,10,17H2,1H3;1H. The molecule has 2 aromatic carbocycles. The SMILES string of the molecule is CN(CC(N)c1cccc(F)c1)S(=O)(=O)c1ccc([N+](=O)[O-])cc1.Cl. The van der Waals surface area contributed by atoms with E-state index in [-0.39, 0.29) is 29.5 Å². The quantitative estimate of drug-likeness (QED) is 0.603. The van der Waals surface area contributed by atoms with Crippen LogP contribution < -0.4 is 5.73 Å². The maximum Gasteiger partial charge on any atom is 0.269 e. The maximum absolute atomic E-state index is 13.2. The lowest BCUT2D eigenvalue weighted by molar-refractivity contribution is -0.384. The van der Waals surface area contributed by atoms with Gasteiger partial charge in [0.2, 0.25) is 10.0 Å². The molecule has 25 heavy (non-hydrogen) atoms. The molecule has 2 N–H and O–H groups in total. The molecule has 0 heterocycles. The summed E-state index contributed by atoms with van der Waals surface area (Å²) >= 11 is 0. The van der Waals surface area contributed by atoms with Gasteiger partial charge in [0.25, 0.3) is 5.69 Å². The lowest BCUT2D eigenvalue weighted by Gasteiger charge is -2.21. The lowest BCUT2D eigenvalue weighted by Crippen LogP contribution is -2.34. The van der Waals surface area contributed by atoms with Crippen molar-refractivity contribution in [3.05, 3.63) is 70.0 Å². The third kappa shape index (κ3) is 4.95. The van der Waals surface area contributed by atoms with Crippen molar-refractivity contribution in [1.29, 1.82) is 0 Å². The molecule has 0 aliphatic heterocycles. The van der Waals surface area contributed by atoms with Crippen molar-refractivity contribution < 1.29 is 17.7 Å². The Morgan fingerprint density at radius 1 is 1.24 bits per heavy atom. The summed E-state index contributed by atoms with van der Waals surface area (Å²) in [6.07, 6.45) is 0. The molecule has 7 nitrogen and oxygen atoms in total. The Balaban J connectivity index is 0.00000312. The normalized spacial score (nSPS) is 12.5. The topological polar surface area (TPSA) is 107 Å². The fourth-order valence-electron chi connectivity index (χ4n) is 2.14. The molecule has 0 spiro atoms. The molecule has 0 fully saturated rings. The molecule has 1 atom stereocenters. The number of nitrogens with two attached hydrogens (primary N) is 1. The molecule has 2 aromatic rings. The third-order valence-corrected chi connectivity index (χ3v) is 5.32. The maximum atomic E-state index is 13.2. The van der Waals surface area contributed by atoms with Gasteiger partial charge in [-0.1, -0.05) is 12.1 Å². The number of non-ortho nitro benzene ring substituents is 1. The van der Waals surface area contributed by atoms with Crippen LogP contribution in [0.5, 0.6) is 0 Å². The van der Waals surface area contributed by atoms with E-state index in [0.717, 1.165) is 28.6 Å². The minimum atomic E-state index is -3.86. The highest BCUT2D eigenvalue weighted by atomic mass is 35.5. The van der Waals surface area contributed by atoms with Gasteiger partial charge in [-0.25, -0.2) is 12.8 Å². The van der Waals surface area contributed by atoms with Gasteiger partial charge in [0.05, 0.1) is 9.82 Å². The summed E-state index contributed by atoms with van der Waals surface area (Å²) in [6.45, 7) is -0.0667. The fraction of sp³-hybridized carbons (Fsp3) is 0.200. The van der Waals surface area contributed by atoms with Gasteiger partial charge in [0.1, 0.15) is 5.82 Å². The van der Waals surface area contributed by atoms with E-state index in [2.05, 4.69) is 0 Å². The predicted molar refractivity (Wildman–Crippen MR) is 93.5 cm³/mol. The first-order valence-electron chi connectivity index (χ1n) is 6.93. The minimum Gasteiger partial charge on any atom is -0.323 e. The number of hydrogen-bond acceptors (Lipinski definition) is 5. The van der Waals surface area contributed by atoms with Gasteiger partial charge in [-0.3, -0.25) is 10.1 Å². The molecular weight excluding hydrogens is 373 g/mol. The van der Waals surface area contributed by atoms with Gasteiger partial charge in [0.15, 0.2) is 0 Å². The van der Waals surface area contributed by atoms with Gasteiger partial charge in [-0.05, 0) is 29.8 Å². The van der Waals surface area contributed by atoms with Crippen LogP contribution in [0.1, 0.15) is 11.6 Å². The fourth-order valence-corrected chi connectivity index (χ4v) is 3.33. The zero-order valence-electron chi connectivity index (χ0n) is 13.2. The summed E-state index contributed by atoms with van der Waals surface area (Å²) < 4.78 is 39.2. The Morgan fingerprint density at radius 2 is 1.84 bits per heavy atom. The van der Waals surface area contributed by atoms with Crippen molar-refractivity contribution in [2.24, 2.45) is 5.73 Å². The number of halogens is 2. The van der Waals surface area contributed by atoms with Crippen molar-refractivity contribution in [1.82, 2.24) is 4.31 Å². The monoisotopic (exact) mass is 389 g/mol. The van der Waals surface area contributed by atoms with Crippen LogP contribution in [0.3, 0.4) is 0 Å². The molecule has 0 aliphatic rings. The minimum absolute atomic E-state index is 0. The van der Waals surface area contributed by atoms with E-state index in [0.29, 0.717) is 5.56 Å². The van der Waals surface area contributed by atoms with E-state index in [1.807, 2.05) is 0 Å². The van der Waals surface area contributed by atoms with E-state index >= 15 is 0 Å². The number of nitrogens with zero attached hydrogens (tertiary/aromatic N) is 2. The highest BCUT2D eigenvalue weighted by Crippen LogP contribution is 2.21. The van der Waals surface area contributed by atoms with E-state index in [4.69, 9.17) is 5.73 Å². The van der Waals surface area contributed by atoms with Crippen LogP contribution in [0.15, 0.2) is 53.4 Å². The molecule has 136 valence electrons. The number of likely N-dealkylation sites (N-methyl/N-ethyl adjacent to an activating group) is 1. The summed E-state index contributed by atoms with van der Waals surface area (Å²) in [5, 5.41) is 10.6. The second-order valence-electron chi connectivity index (χ2n) is 5.20. The van der Waals surface area contributed by atoms with Gasteiger partial charge in [-0.15, -0.1) is 12.4 Å². The van der Waals surface area contributed by atoms with E-state index in [9.17, 15) is 22.9 Å². The number of sulfonamides is 1. The highest BCUT2D eigenvalue weighted by Gasteiger charge is 2.24. The smallest absolute Gasteiger partial charge is 0.269 e. The van der Waals surface area contributed by atoms with Crippen molar-refractivity contribution in [3.63, 3.8) is 0 Å². The second-order valence-corrected chi connectivity index (χ2v) is 7.24. The van der Waals surface area contributed by atoms with E-state index in [1.54, 1.807) is 6.07 Å². The lowest BCUT2D eigenvalue weighted by atomic mass is 10.1. The molecule has 0 aromatic heterocycles. The number of benzene rings is 2. The van der Waals surface area contributed by atoms with Gasteiger partial charge < -0.3 is 5.73 Å². The molecule has 0 amide bonds. The average Bonchev–Trinajstić information content (AvgIpc) is 2.54. The summed E-state index contributed by atoms with van der Waals surface area (Å²) in [5.74, 6) is -0.455. The summed E-state index contributed by atoms with van der Waals surface area (Å²) in [5.41, 5.74) is 6.21. The van der Waals surface area contributed by atoms with Crippen LogP contribution in [0, 0.1) is 15.9 Å². The van der Waals surface area contributed by atoms with Crippen molar-refractivity contribution >= 4 is 28.1 Å². The van der Waals surface area contributed by atoms with Gasteiger partial charge in [-0.2, -0.15) is 4.31 Å². The first-order chi connectivity index (χ1) is 11.2. The first kappa shape index (κ1) is 21.0. The molecular formula is C15H17ClFN3O4S. The van der Waals surface area contributed by atoms with Crippen molar-refractivity contribution in [3.8, 4) is 0 Å². The molecule has 0 saturated heterocycles. The Morgan fingerprint density at radius 3 is 2.36 bits per heavy atom. The number of rotatable bonds is 6. The largest absolute Gasteiger partial charge is 0.323 e. The number of nitro groups is 1. The molecule has 0 radical (unpaired) electrons. The summed E-state index contributed by atoms with van der Waals surface area (Å²) in [6, 6.07) is 9.48. The zero-order valence-corrected chi connectivity index (χ0v) is 14.8. The molecule has 0 saturated carbocycles. The molecule has 0 aliphatic carbocycles. The van der Waals surface area contributed by atoms with Crippen LogP contribution in [0.2, 0.25) is 0 Å². The predicted octanol–water partition coefficient (Wildman–Crippen LogP) is 2.48. The van der Waals surface area contributed by atoms with E-state index < -0.39 is 26.8 Å². The van der Waals surface area contributed by atoms with E-state index in [1.165, 1.54) is 25.2 Å². The van der Waals surface area contributed by atoms with Crippen molar-refractivity contribution in [2.75, 3.05) is 13.6 Å². The van der Waals surface area contributed by atoms with Gasteiger partial charge in [0, 0.05) is 31.8 Å². The second kappa shape index (κ2) is 8.34. The van der Waals surface area contributed by atoms with Crippen LogP contribution in [0.4, 0.5) is 10.1 Å². The Labute approximate surface area is 150 Å².